The van der Waals surface area contributed by atoms with Gasteiger partial charge >= 0.3 is 0 Å². The number of benzene rings is 2. The lowest BCUT2D eigenvalue weighted by Gasteiger charge is -2.43. The van der Waals surface area contributed by atoms with Crippen LogP contribution in [0.15, 0.2) is 52.4 Å². The van der Waals surface area contributed by atoms with E-state index >= 15 is 0 Å². The van der Waals surface area contributed by atoms with Gasteiger partial charge in [0.15, 0.2) is 12.1 Å². The Morgan fingerprint density at radius 1 is 0.946 bits per heavy atom. The second kappa shape index (κ2) is 10.4. The van der Waals surface area contributed by atoms with Crippen molar-refractivity contribution < 1.29 is 4.74 Å². The average molecular weight is 499 g/mol. The molecule has 192 valence electrons. The first-order valence-corrected chi connectivity index (χ1v) is 13.2. The van der Waals surface area contributed by atoms with Gasteiger partial charge in [-0.15, -0.1) is 0 Å². The number of piperazine rings is 1. The summed E-state index contributed by atoms with van der Waals surface area (Å²) >= 11 is 0. The van der Waals surface area contributed by atoms with Crippen molar-refractivity contribution in [1.29, 1.82) is 5.26 Å². The van der Waals surface area contributed by atoms with E-state index in [4.69, 9.17) is 9.73 Å². The van der Waals surface area contributed by atoms with Crippen LogP contribution >= 0.6 is 0 Å². The van der Waals surface area contributed by atoms with Crippen molar-refractivity contribution in [3.63, 3.8) is 0 Å². The second-order valence-corrected chi connectivity index (χ2v) is 10.2. The van der Waals surface area contributed by atoms with E-state index in [0.29, 0.717) is 17.4 Å². The Balaban J connectivity index is 1.12. The Morgan fingerprint density at radius 2 is 1.70 bits per heavy atom. The van der Waals surface area contributed by atoms with E-state index in [2.05, 4.69) is 55.3 Å². The van der Waals surface area contributed by atoms with Crippen molar-refractivity contribution in [3.05, 3.63) is 53.6 Å². The highest BCUT2D eigenvalue weighted by atomic mass is 16.5. The van der Waals surface area contributed by atoms with Gasteiger partial charge in [-0.1, -0.05) is 0 Å². The topological polar surface area (TPSA) is 82.7 Å². The first-order valence-electron chi connectivity index (χ1n) is 13.2. The number of hydrogen-bond acceptors (Lipinski definition) is 9. The highest BCUT2D eigenvalue weighted by molar-refractivity contribution is 6.04. The fourth-order valence-electron chi connectivity index (χ4n) is 5.43. The molecular weight excluding hydrogens is 464 g/mol. The van der Waals surface area contributed by atoms with Crippen molar-refractivity contribution in [2.24, 2.45) is 9.98 Å². The summed E-state index contributed by atoms with van der Waals surface area (Å²) in [4.78, 5) is 18.7. The number of nitriles is 1. The van der Waals surface area contributed by atoms with Gasteiger partial charge in [-0.25, -0.2) is 9.98 Å². The molecular formula is C28H34N8O. The molecule has 0 aromatic heterocycles. The molecule has 0 saturated carbocycles. The van der Waals surface area contributed by atoms with Crippen LogP contribution in [0.5, 0.6) is 0 Å². The zero-order valence-corrected chi connectivity index (χ0v) is 21.4. The smallest absolute Gasteiger partial charge is 0.199 e. The molecule has 2 aromatic rings. The summed E-state index contributed by atoms with van der Waals surface area (Å²) in [5.74, 6) is 0.631. The highest BCUT2D eigenvalue weighted by Gasteiger charge is 2.29. The van der Waals surface area contributed by atoms with Gasteiger partial charge in [0.05, 0.1) is 36.8 Å². The summed E-state index contributed by atoms with van der Waals surface area (Å²) in [6, 6.07) is 17.6. The number of aliphatic imine (C=N–C) groups is 2. The minimum absolute atomic E-state index is 0.282. The van der Waals surface area contributed by atoms with E-state index in [1.807, 2.05) is 30.1 Å². The van der Waals surface area contributed by atoms with Gasteiger partial charge < -0.3 is 24.8 Å². The minimum atomic E-state index is -0.282. The molecule has 3 fully saturated rings. The standard InChI is InChI=1S/C28H34N8O/c1-33-20-30-27(21-4-9-26(22(16-21)17-29)36-10-2-3-11-36)32-28(33)31-23-5-7-24(8-6-23)34-12-14-35(15-13-34)25-18-37-19-25/h4-9,16,20,25,28,31H,2-3,10-15,18-19H2,1H3. The Hall–Kier alpha value is -3.61. The lowest BCUT2D eigenvalue weighted by molar-refractivity contribution is -0.0660. The third kappa shape index (κ3) is 4.99. The molecule has 4 heterocycles. The summed E-state index contributed by atoms with van der Waals surface area (Å²) in [6.07, 6.45) is 3.87. The molecule has 4 aliphatic heterocycles. The van der Waals surface area contributed by atoms with Gasteiger partial charge in [-0.05, 0) is 55.3 Å². The number of amidine groups is 1. The van der Waals surface area contributed by atoms with Gasteiger partial charge in [-0.2, -0.15) is 5.26 Å². The van der Waals surface area contributed by atoms with E-state index in [0.717, 1.165) is 69.4 Å². The molecule has 0 bridgehead atoms. The Kier molecular flexibility index (Phi) is 6.68. The zero-order valence-electron chi connectivity index (χ0n) is 21.4. The van der Waals surface area contributed by atoms with Crippen molar-refractivity contribution in [1.82, 2.24) is 9.80 Å². The van der Waals surface area contributed by atoms with Crippen molar-refractivity contribution in [3.8, 4) is 6.07 Å². The molecule has 0 radical (unpaired) electrons. The maximum atomic E-state index is 9.77. The molecule has 37 heavy (non-hydrogen) atoms. The summed E-state index contributed by atoms with van der Waals surface area (Å²) < 4.78 is 5.35. The van der Waals surface area contributed by atoms with Crippen LogP contribution in [-0.2, 0) is 4.74 Å². The number of nitrogens with zero attached hydrogens (tertiary/aromatic N) is 7. The lowest BCUT2D eigenvalue weighted by Crippen LogP contribution is -2.56. The summed E-state index contributed by atoms with van der Waals surface area (Å²) in [7, 11) is 1.96. The monoisotopic (exact) mass is 498 g/mol. The van der Waals surface area contributed by atoms with Gasteiger partial charge in [-0.3, -0.25) is 4.90 Å². The lowest BCUT2D eigenvalue weighted by atomic mass is 10.1. The first-order chi connectivity index (χ1) is 18.2. The maximum absolute atomic E-state index is 9.77. The molecule has 4 aliphatic rings. The predicted molar refractivity (Wildman–Crippen MR) is 148 cm³/mol. The van der Waals surface area contributed by atoms with Gasteiger partial charge in [0, 0.05) is 63.3 Å². The van der Waals surface area contributed by atoms with Crippen LogP contribution < -0.4 is 15.1 Å². The summed E-state index contributed by atoms with van der Waals surface area (Å²) in [5, 5.41) is 13.3. The van der Waals surface area contributed by atoms with Gasteiger partial charge in [0.1, 0.15) is 6.07 Å². The Labute approximate surface area is 218 Å². The van der Waals surface area contributed by atoms with Crippen molar-refractivity contribution in [2.75, 3.05) is 74.6 Å². The molecule has 0 spiro atoms. The molecule has 1 N–H and O–H groups in total. The SMILES string of the molecule is CN1C=NC(c2ccc(N3CCCC3)c(C#N)c2)=NC1Nc1ccc(N2CCN(C3COC3)CC2)cc1. The predicted octanol–water partition coefficient (Wildman–Crippen LogP) is 2.80. The van der Waals surface area contributed by atoms with Crippen molar-refractivity contribution in [2.45, 2.75) is 25.2 Å². The molecule has 9 heteroatoms. The van der Waals surface area contributed by atoms with Crippen LogP contribution in [0.3, 0.4) is 0 Å². The summed E-state index contributed by atoms with van der Waals surface area (Å²) in [5.41, 5.74) is 4.80. The van der Waals surface area contributed by atoms with Crippen LogP contribution in [0.1, 0.15) is 24.0 Å². The minimum Gasteiger partial charge on any atom is -0.378 e. The van der Waals surface area contributed by atoms with Crippen molar-refractivity contribution >= 4 is 29.2 Å². The number of anilines is 3. The Bertz CT molecular complexity index is 1200. The highest BCUT2D eigenvalue weighted by Crippen LogP contribution is 2.27. The fraction of sp³-hybridized carbons (Fsp3) is 0.464. The average Bonchev–Trinajstić information content (AvgIpc) is 3.44. The first kappa shape index (κ1) is 23.8. The second-order valence-electron chi connectivity index (χ2n) is 10.2. The van der Waals surface area contributed by atoms with Crippen LogP contribution in [0.4, 0.5) is 17.1 Å². The normalized spacial score (nSPS) is 22.5. The third-order valence-corrected chi connectivity index (χ3v) is 7.79. The van der Waals surface area contributed by atoms with Gasteiger partial charge in [0.25, 0.3) is 0 Å². The van der Waals surface area contributed by atoms with Crippen LogP contribution in [0.25, 0.3) is 0 Å². The molecule has 0 aliphatic carbocycles. The molecule has 6 rings (SSSR count). The third-order valence-electron chi connectivity index (χ3n) is 7.79. The van der Waals surface area contributed by atoms with Gasteiger partial charge in [0.2, 0.25) is 0 Å². The number of ether oxygens (including phenoxy) is 1. The molecule has 0 amide bonds. The zero-order chi connectivity index (χ0) is 25.2. The maximum Gasteiger partial charge on any atom is 0.199 e. The quantitative estimate of drug-likeness (QED) is 0.656. The molecule has 2 aromatic carbocycles. The van der Waals surface area contributed by atoms with Crippen LogP contribution in [0, 0.1) is 11.3 Å². The molecule has 1 unspecified atom stereocenters. The number of rotatable bonds is 6. The van der Waals surface area contributed by atoms with Crippen LogP contribution in [-0.4, -0.2) is 93.8 Å². The molecule has 1 atom stereocenters. The number of hydrogen-bond donors (Lipinski definition) is 1. The van der Waals surface area contributed by atoms with E-state index < -0.39 is 0 Å². The number of nitrogens with one attached hydrogen (secondary N) is 1. The van der Waals surface area contributed by atoms with E-state index in [9.17, 15) is 5.26 Å². The fourth-order valence-corrected chi connectivity index (χ4v) is 5.43. The molecule has 9 nitrogen and oxygen atoms in total. The summed E-state index contributed by atoms with van der Waals surface area (Å²) in [6.45, 7) is 8.04. The van der Waals surface area contributed by atoms with E-state index in [-0.39, 0.29) is 6.29 Å². The van der Waals surface area contributed by atoms with E-state index in [1.54, 1.807) is 6.34 Å². The Morgan fingerprint density at radius 3 is 2.38 bits per heavy atom. The van der Waals surface area contributed by atoms with E-state index in [1.165, 1.54) is 18.5 Å². The largest absolute Gasteiger partial charge is 0.378 e. The van der Waals surface area contributed by atoms with Crippen LogP contribution in [0.2, 0.25) is 0 Å². The molecule has 3 saturated heterocycles.